The molecule has 1 heterocycles. The van der Waals surface area contributed by atoms with E-state index in [-0.39, 0.29) is 11.6 Å². The summed E-state index contributed by atoms with van der Waals surface area (Å²) < 4.78 is 13.0. The predicted octanol–water partition coefficient (Wildman–Crippen LogP) is 3.99. The molecule has 138 valence electrons. The second-order valence-electron chi connectivity index (χ2n) is 7.05. The maximum Gasteiger partial charge on any atom is 0.140 e. The summed E-state index contributed by atoms with van der Waals surface area (Å²) in [7, 11) is 0. The summed E-state index contributed by atoms with van der Waals surface area (Å²) in [5, 5.41) is 12.9. The highest BCUT2D eigenvalue weighted by Crippen LogP contribution is 2.25. The zero-order valence-corrected chi connectivity index (χ0v) is 14.9. The van der Waals surface area contributed by atoms with Crippen molar-refractivity contribution in [3.05, 3.63) is 66.1 Å². The van der Waals surface area contributed by atoms with Gasteiger partial charge in [-0.3, -0.25) is 4.90 Å². The largest absolute Gasteiger partial charge is 0.506 e. The fourth-order valence-electron chi connectivity index (χ4n) is 3.44. The van der Waals surface area contributed by atoms with Gasteiger partial charge in [0.15, 0.2) is 0 Å². The van der Waals surface area contributed by atoms with Crippen LogP contribution >= 0.6 is 0 Å². The van der Waals surface area contributed by atoms with Crippen molar-refractivity contribution in [1.29, 1.82) is 0 Å². The number of hydrogen-bond donors (Lipinski definition) is 3. The van der Waals surface area contributed by atoms with E-state index in [0.717, 1.165) is 50.3 Å². The molecule has 1 saturated heterocycles. The molecule has 0 aromatic heterocycles. The van der Waals surface area contributed by atoms with Crippen LogP contribution in [0.15, 0.2) is 54.7 Å². The van der Waals surface area contributed by atoms with Crippen molar-refractivity contribution in [2.45, 2.75) is 19.3 Å². The molecule has 0 aliphatic carbocycles. The average Bonchev–Trinajstić information content (AvgIpc) is 2.62. The minimum Gasteiger partial charge on any atom is -0.506 e. The number of hydrogen-bond acceptors (Lipinski definition) is 4. The highest BCUT2D eigenvalue weighted by molar-refractivity contribution is 5.62. The van der Waals surface area contributed by atoms with E-state index in [4.69, 9.17) is 5.73 Å². The lowest BCUT2D eigenvalue weighted by Gasteiger charge is -2.32. The Morgan fingerprint density at radius 3 is 2.54 bits per heavy atom. The van der Waals surface area contributed by atoms with Crippen LogP contribution in [0.3, 0.4) is 0 Å². The summed E-state index contributed by atoms with van der Waals surface area (Å²) in [6.07, 6.45) is 3.28. The van der Waals surface area contributed by atoms with E-state index in [1.54, 1.807) is 12.1 Å². The van der Waals surface area contributed by atoms with Crippen molar-refractivity contribution < 1.29 is 9.50 Å². The zero-order valence-electron chi connectivity index (χ0n) is 14.9. The molecule has 0 radical (unpaired) electrons. The van der Waals surface area contributed by atoms with Crippen molar-refractivity contribution in [1.82, 2.24) is 4.90 Å². The normalized spacial score (nSPS) is 15.7. The Balaban J connectivity index is 1.43. The molecule has 0 atom stereocenters. The van der Waals surface area contributed by atoms with Crippen molar-refractivity contribution in [3.8, 4) is 5.75 Å². The third-order valence-electron chi connectivity index (χ3n) is 4.91. The highest BCUT2D eigenvalue weighted by Gasteiger charge is 2.20. The third kappa shape index (κ3) is 4.99. The van der Waals surface area contributed by atoms with Gasteiger partial charge < -0.3 is 16.2 Å². The van der Waals surface area contributed by atoms with Crippen LogP contribution in [0.2, 0.25) is 0 Å². The van der Waals surface area contributed by atoms with Gasteiger partial charge in [0.1, 0.15) is 11.6 Å². The lowest BCUT2D eigenvalue weighted by molar-refractivity contribution is 0.197. The number of aromatic hydroxyl groups is 1. The molecular formula is C21H26FN3O. The Morgan fingerprint density at radius 2 is 1.88 bits per heavy atom. The first kappa shape index (κ1) is 18.3. The Kier molecular flexibility index (Phi) is 5.78. The van der Waals surface area contributed by atoms with E-state index in [2.05, 4.69) is 16.8 Å². The van der Waals surface area contributed by atoms with E-state index < -0.39 is 0 Å². The Bertz CT molecular complexity index is 752. The molecule has 0 saturated carbocycles. The molecule has 4 nitrogen and oxygen atoms in total. The van der Waals surface area contributed by atoms with Crippen LogP contribution in [0.1, 0.15) is 18.4 Å². The number of nitrogens with two attached hydrogens (primary N) is 1. The summed E-state index contributed by atoms with van der Waals surface area (Å²) in [5.41, 5.74) is 8.87. The molecule has 1 aliphatic heterocycles. The van der Waals surface area contributed by atoms with Crippen LogP contribution in [-0.4, -0.2) is 29.6 Å². The number of nitrogen functional groups attached to an aromatic ring is 1. The molecular weight excluding hydrogens is 329 g/mol. The lowest BCUT2D eigenvalue weighted by atomic mass is 9.90. The van der Waals surface area contributed by atoms with Gasteiger partial charge in [0.05, 0.1) is 5.69 Å². The maximum atomic E-state index is 13.0. The SMILES string of the molecule is C=C(CN1CCC(Cc2ccc(F)cc2)CC1)Nc1ccc(N)c(O)c1. The molecule has 1 aliphatic rings. The summed E-state index contributed by atoms with van der Waals surface area (Å²) >= 11 is 0. The van der Waals surface area contributed by atoms with E-state index in [1.807, 2.05) is 18.2 Å². The molecule has 0 unspecified atom stereocenters. The molecule has 0 amide bonds. The Morgan fingerprint density at radius 1 is 1.19 bits per heavy atom. The van der Waals surface area contributed by atoms with Crippen molar-refractivity contribution >= 4 is 11.4 Å². The topological polar surface area (TPSA) is 61.5 Å². The summed E-state index contributed by atoms with van der Waals surface area (Å²) in [6.45, 7) is 6.92. The van der Waals surface area contributed by atoms with Gasteiger partial charge in [-0.25, -0.2) is 4.39 Å². The molecule has 3 rings (SSSR count). The van der Waals surface area contributed by atoms with Crippen LogP contribution in [0, 0.1) is 11.7 Å². The van der Waals surface area contributed by atoms with E-state index >= 15 is 0 Å². The molecule has 5 heteroatoms. The molecule has 1 fully saturated rings. The van der Waals surface area contributed by atoms with Gasteiger partial charge >= 0.3 is 0 Å². The van der Waals surface area contributed by atoms with Gasteiger partial charge in [-0.15, -0.1) is 0 Å². The number of rotatable bonds is 6. The van der Waals surface area contributed by atoms with Crippen LogP contribution in [0.25, 0.3) is 0 Å². The number of piperidine rings is 1. The van der Waals surface area contributed by atoms with Crippen molar-refractivity contribution in [2.75, 3.05) is 30.7 Å². The molecule has 0 spiro atoms. The van der Waals surface area contributed by atoms with E-state index in [9.17, 15) is 9.50 Å². The van der Waals surface area contributed by atoms with Gasteiger partial charge in [-0.1, -0.05) is 18.7 Å². The number of nitrogens with one attached hydrogen (secondary N) is 1. The molecule has 0 bridgehead atoms. The average molecular weight is 355 g/mol. The lowest BCUT2D eigenvalue weighted by Crippen LogP contribution is -2.36. The minimum atomic E-state index is -0.177. The fourth-order valence-corrected chi connectivity index (χ4v) is 3.44. The van der Waals surface area contributed by atoms with Gasteiger partial charge in [0.2, 0.25) is 0 Å². The zero-order chi connectivity index (χ0) is 18.5. The Hall–Kier alpha value is -2.53. The van der Waals surface area contributed by atoms with Crippen LogP contribution < -0.4 is 11.1 Å². The molecule has 26 heavy (non-hydrogen) atoms. The number of benzene rings is 2. The number of phenolic OH excluding ortho intramolecular Hbond substituents is 1. The van der Waals surface area contributed by atoms with Crippen molar-refractivity contribution in [2.24, 2.45) is 5.92 Å². The monoisotopic (exact) mass is 355 g/mol. The van der Waals surface area contributed by atoms with Gasteiger partial charge in [0, 0.05) is 24.0 Å². The standard InChI is InChI=1S/C21H26FN3O/c1-15(24-19-6-7-20(23)21(26)13-19)14-25-10-8-17(9-11-25)12-16-2-4-18(22)5-3-16/h2-7,13,17,24,26H,1,8-12,14,23H2. The van der Waals surface area contributed by atoms with Crippen LogP contribution in [0.5, 0.6) is 5.75 Å². The van der Waals surface area contributed by atoms with E-state index in [0.29, 0.717) is 11.6 Å². The van der Waals surface area contributed by atoms with Gasteiger partial charge in [-0.2, -0.15) is 0 Å². The number of phenols is 1. The quantitative estimate of drug-likeness (QED) is 0.541. The smallest absolute Gasteiger partial charge is 0.140 e. The summed E-state index contributed by atoms with van der Waals surface area (Å²) in [4.78, 5) is 2.38. The first-order chi connectivity index (χ1) is 12.5. The molecule has 2 aromatic rings. The summed E-state index contributed by atoms with van der Waals surface area (Å²) in [6, 6.07) is 12.0. The third-order valence-corrected chi connectivity index (χ3v) is 4.91. The van der Waals surface area contributed by atoms with E-state index in [1.165, 1.54) is 17.7 Å². The van der Waals surface area contributed by atoms with Crippen LogP contribution in [-0.2, 0) is 6.42 Å². The molecule has 4 N–H and O–H groups in total. The minimum absolute atomic E-state index is 0.0735. The van der Waals surface area contributed by atoms with Gasteiger partial charge in [-0.05, 0) is 68.1 Å². The number of halogens is 1. The summed E-state index contributed by atoms with van der Waals surface area (Å²) in [5.74, 6) is 0.542. The molecule has 2 aromatic carbocycles. The second-order valence-corrected chi connectivity index (χ2v) is 7.05. The fraction of sp³-hybridized carbons (Fsp3) is 0.333. The first-order valence-corrected chi connectivity index (χ1v) is 8.99. The Labute approximate surface area is 154 Å². The van der Waals surface area contributed by atoms with Crippen LogP contribution in [0.4, 0.5) is 15.8 Å². The maximum absolute atomic E-state index is 13.0. The first-order valence-electron chi connectivity index (χ1n) is 8.99. The second kappa shape index (κ2) is 8.23. The highest BCUT2D eigenvalue weighted by atomic mass is 19.1. The number of nitrogens with zero attached hydrogens (tertiary/aromatic N) is 1. The predicted molar refractivity (Wildman–Crippen MR) is 105 cm³/mol. The number of anilines is 2. The van der Waals surface area contributed by atoms with Gasteiger partial charge in [0.25, 0.3) is 0 Å². The van der Waals surface area contributed by atoms with Crippen molar-refractivity contribution in [3.63, 3.8) is 0 Å². The number of likely N-dealkylation sites (tertiary alicyclic amines) is 1.